The average Bonchev–Trinajstić information content (AvgIpc) is 2.63. The van der Waals surface area contributed by atoms with Gasteiger partial charge in [-0.15, -0.1) is 0 Å². The number of carbonyl (C=O) groups is 1. The molecule has 1 aliphatic rings. The third-order valence-electron chi connectivity index (χ3n) is 4.66. The first-order valence-corrected chi connectivity index (χ1v) is 8.43. The van der Waals surface area contributed by atoms with Crippen molar-refractivity contribution in [3.63, 3.8) is 0 Å². The predicted octanol–water partition coefficient (Wildman–Crippen LogP) is 3.87. The summed E-state index contributed by atoms with van der Waals surface area (Å²) in [5.41, 5.74) is 2.98. The van der Waals surface area contributed by atoms with E-state index in [-0.39, 0.29) is 11.9 Å². The Morgan fingerprint density at radius 1 is 1.00 bits per heavy atom. The molecule has 2 unspecified atom stereocenters. The first-order valence-electron chi connectivity index (χ1n) is 8.43. The Labute approximate surface area is 146 Å². The number of ether oxygens (including phenoxy) is 1. The number of fused-ring (bicyclic) bond motifs is 2. The van der Waals surface area contributed by atoms with Crippen LogP contribution in [-0.4, -0.2) is 19.1 Å². The zero-order valence-corrected chi connectivity index (χ0v) is 14.2. The van der Waals surface area contributed by atoms with Gasteiger partial charge < -0.3 is 15.4 Å². The van der Waals surface area contributed by atoms with Crippen LogP contribution in [0.25, 0.3) is 10.8 Å². The van der Waals surface area contributed by atoms with Crippen molar-refractivity contribution in [1.29, 1.82) is 0 Å². The molecule has 0 fully saturated rings. The zero-order valence-electron chi connectivity index (χ0n) is 14.2. The molecule has 4 nitrogen and oxygen atoms in total. The standard InChI is InChI=1S/C21H20N2O2/c1-13-21(24)23-18-12-17(9-10-19(18)25-13)20(22-2)16-8-7-14-5-3-4-6-15(14)11-16/h3-13,20,22H,1-2H3,(H,23,24). The van der Waals surface area contributed by atoms with E-state index in [1.54, 1.807) is 6.92 Å². The number of nitrogens with one attached hydrogen (secondary N) is 2. The van der Waals surface area contributed by atoms with Crippen LogP contribution in [-0.2, 0) is 4.79 Å². The third kappa shape index (κ3) is 2.85. The quantitative estimate of drug-likeness (QED) is 0.765. The summed E-state index contributed by atoms with van der Waals surface area (Å²) in [4.78, 5) is 11.9. The molecule has 0 bridgehead atoms. The molecule has 3 aromatic carbocycles. The van der Waals surface area contributed by atoms with E-state index in [9.17, 15) is 4.79 Å². The number of amides is 1. The van der Waals surface area contributed by atoms with Gasteiger partial charge in [0, 0.05) is 0 Å². The smallest absolute Gasteiger partial charge is 0.265 e. The van der Waals surface area contributed by atoms with Gasteiger partial charge >= 0.3 is 0 Å². The van der Waals surface area contributed by atoms with Crippen LogP contribution in [0.2, 0.25) is 0 Å². The number of anilines is 1. The third-order valence-corrected chi connectivity index (χ3v) is 4.66. The minimum absolute atomic E-state index is 0.0335. The fourth-order valence-electron chi connectivity index (χ4n) is 3.32. The van der Waals surface area contributed by atoms with Gasteiger partial charge in [-0.05, 0) is 54.1 Å². The van der Waals surface area contributed by atoms with E-state index >= 15 is 0 Å². The van der Waals surface area contributed by atoms with Crippen LogP contribution in [0.5, 0.6) is 5.75 Å². The van der Waals surface area contributed by atoms with E-state index in [1.807, 2.05) is 37.4 Å². The van der Waals surface area contributed by atoms with Crippen LogP contribution in [0.15, 0.2) is 60.7 Å². The molecule has 25 heavy (non-hydrogen) atoms. The molecule has 0 spiro atoms. The molecular weight excluding hydrogens is 312 g/mol. The van der Waals surface area contributed by atoms with Crippen LogP contribution in [0.4, 0.5) is 5.69 Å². The molecule has 0 aliphatic carbocycles. The topological polar surface area (TPSA) is 50.4 Å². The maximum absolute atomic E-state index is 11.9. The number of hydrogen-bond donors (Lipinski definition) is 2. The minimum atomic E-state index is -0.459. The van der Waals surface area contributed by atoms with Gasteiger partial charge in [0.1, 0.15) is 5.75 Å². The highest BCUT2D eigenvalue weighted by molar-refractivity contribution is 5.97. The fourth-order valence-corrected chi connectivity index (χ4v) is 3.32. The molecule has 0 saturated carbocycles. The maximum Gasteiger partial charge on any atom is 0.265 e. The lowest BCUT2D eigenvalue weighted by Gasteiger charge is -2.25. The molecule has 1 heterocycles. The molecule has 1 aliphatic heterocycles. The van der Waals surface area contributed by atoms with Crippen molar-refractivity contribution in [3.05, 3.63) is 71.8 Å². The Hall–Kier alpha value is -2.85. The Bertz CT molecular complexity index is 952. The van der Waals surface area contributed by atoms with Gasteiger partial charge in [-0.1, -0.05) is 42.5 Å². The summed E-state index contributed by atoms with van der Waals surface area (Å²) in [5.74, 6) is 0.598. The maximum atomic E-state index is 11.9. The fraction of sp³-hybridized carbons (Fsp3) is 0.190. The van der Waals surface area contributed by atoms with E-state index in [0.29, 0.717) is 5.75 Å². The highest BCUT2D eigenvalue weighted by Gasteiger charge is 2.24. The monoisotopic (exact) mass is 332 g/mol. The zero-order chi connectivity index (χ0) is 17.4. The number of hydrogen-bond acceptors (Lipinski definition) is 3. The molecule has 126 valence electrons. The van der Waals surface area contributed by atoms with Gasteiger partial charge in [-0.2, -0.15) is 0 Å². The summed E-state index contributed by atoms with van der Waals surface area (Å²) in [6, 6.07) is 20.8. The molecule has 0 saturated heterocycles. The van der Waals surface area contributed by atoms with Gasteiger partial charge in [0.2, 0.25) is 0 Å². The predicted molar refractivity (Wildman–Crippen MR) is 100 cm³/mol. The van der Waals surface area contributed by atoms with Gasteiger partial charge in [0.25, 0.3) is 5.91 Å². The Morgan fingerprint density at radius 3 is 2.52 bits per heavy atom. The van der Waals surface area contributed by atoms with Gasteiger partial charge in [-0.3, -0.25) is 4.79 Å². The van der Waals surface area contributed by atoms with Crippen molar-refractivity contribution in [1.82, 2.24) is 5.32 Å². The second-order valence-corrected chi connectivity index (χ2v) is 6.33. The molecule has 2 atom stereocenters. The number of carbonyl (C=O) groups excluding carboxylic acids is 1. The second kappa shape index (κ2) is 6.22. The summed E-state index contributed by atoms with van der Waals surface area (Å²) in [6.07, 6.45) is -0.459. The van der Waals surface area contributed by atoms with Crippen molar-refractivity contribution >= 4 is 22.4 Å². The van der Waals surface area contributed by atoms with Crippen molar-refractivity contribution < 1.29 is 9.53 Å². The molecule has 4 rings (SSSR count). The number of rotatable bonds is 3. The summed E-state index contributed by atoms with van der Waals surface area (Å²) < 4.78 is 5.64. The molecule has 1 amide bonds. The van der Waals surface area contributed by atoms with Crippen LogP contribution < -0.4 is 15.4 Å². The molecule has 3 aromatic rings. The van der Waals surface area contributed by atoms with Crippen molar-refractivity contribution in [2.75, 3.05) is 12.4 Å². The lowest BCUT2D eigenvalue weighted by molar-refractivity contribution is -0.122. The number of benzene rings is 3. The first kappa shape index (κ1) is 15.7. The molecule has 0 aromatic heterocycles. The highest BCUT2D eigenvalue weighted by Crippen LogP contribution is 2.34. The van der Waals surface area contributed by atoms with Crippen LogP contribution in [0, 0.1) is 0 Å². The molecule has 2 N–H and O–H groups in total. The minimum Gasteiger partial charge on any atom is -0.479 e. The Balaban J connectivity index is 1.73. The van der Waals surface area contributed by atoms with Crippen molar-refractivity contribution in [2.24, 2.45) is 0 Å². The lowest BCUT2D eigenvalue weighted by atomic mass is 9.95. The Morgan fingerprint density at radius 2 is 1.72 bits per heavy atom. The average molecular weight is 332 g/mol. The highest BCUT2D eigenvalue weighted by atomic mass is 16.5. The van der Waals surface area contributed by atoms with Crippen molar-refractivity contribution in [2.45, 2.75) is 19.1 Å². The normalized spacial score (nSPS) is 17.5. The van der Waals surface area contributed by atoms with E-state index in [2.05, 4.69) is 41.0 Å². The van der Waals surface area contributed by atoms with Crippen LogP contribution in [0.1, 0.15) is 24.1 Å². The van der Waals surface area contributed by atoms with Crippen LogP contribution >= 0.6 is 0 Å². The lowest BCUT2D eigenvalue weighted by Crippen LogP contribution is -2.34. The van der Waals surface area contributed by atoms with Crippen molar-refractivity contribution in [3.8, 4) is 5.75 Å². The van der Waals surface area contributed by atoms with E-state index in [0.717, 1.165) is 11.3 Å². The Kier molecular flexibility index (Phi) is 3.90. The summed E-state index contributed by atoms with van der Waals surface area (Å²) in [7, 11) is 1.94. The van der Waals surface area contributed by atoms with Gasteiger partial charge in [0.15, 0.2) is 6.10 Å². The molecular formula is C21H20N2O2. The van der Waals surface area contributed by atoms with E-state index in [4.69, 9.17) is 4.74 Å². The summed E-state index contributed by atoms with van der Waals surface area (Å²) in [6.45, 7) is 1.75. The second-order valence-electron chi connectivity index (χ2n) is 6.33. The van der Waals surface area contributed by atoms with Gasteiger partial charge in [0.05, 0.1) is 11.7 Å². The van der Waals surface area contributed by atoms with Crippen LogP contribution in [0.3, 0.4) is 0 Å². The van der Waals surface area contributed by atoms with E-state index in [1.165, 1.54) is 16.3 Å². The largest absolute Gasteiger partial charge is 0.479 e. The summed E-state index contributed by atoms with van der Waals surface area (Å²) >= 11 is 0. The first-order chi connectivity index (χ1) is 12.2. The van der Waals surface area contributed by atoms with E-state index < -0.39 is 6.10 Å². The summed E-state index contributed by atoms with van der Waals surface area (Å²) in [5, 5.41) is 8.73. The van der Waals surface area contributed by atoms with Gasteiger partial charge in [-0.25, -0.2) is 0 Å². The molecule has 0 radical (unpaired) electrons. The molecule has 4 heteroatoms. The SMILES string of the molecule is CNC(c1ccc2c(c1)NC(=O)C(C)O2)c1ccc2ccccc2c1.